The van der Waals surface area contributed by atoms with Gasteiger partial charge in [-0.3, -0.25) is 10.1 Å². The van der Waals surface area contributed by atoms with E-state index in [0.717, 1.165) is 24.3 Å². The summed E-state index contributed by atoms with van der Waals surface area (Å²) in [5, 5.41) is 11.1. The number of pyridine rings is 2. The van der Waals surface area contributed by atoms with E-state index in [1.807, 2.05) is 6.07 Å². The van der Waals surface area contributed by atoms with Gasteiger partial charge in [0, 0.05) is 48.4 Å². The molecule has 4 aromatic heterocycles. The minimum atomic E-state index is -3.47. The fraction of sp³-hybridized carbons (Fsp3) is 0.273. The summed E-state index contributed by atoms with van der Waals surface area (Å²) in [6, 6.07) is 11.5. The van der Waals surface area contributed by atoms with Gasteiger partial charge in [-0.05, 0) is 84.5 Å². The van der Waals surface area contributed by atoms with Gasteiger partial charge in [-0.15, -0.1) is 0 Å². The highest BCUT2D eigenvalue weighted by molar-refractivity contribution is 7.88. The van der Waals surface area contributed by atoms with E-state index in [9.17, 15) is 12.8 Å². The van der Waals surface area contributed by atoms with Gasteiger partial charge in [0.15, 0.2) is 11.5 Å². The van der Waals surface area contributed by atoms with Crippen LogP contribution in [-0.4, -0.2) is 51.4 Å². The van der Waals surface area contributed by atoms with Crippen molar-refractivity contribution < 1.29 is 17.2 Å². The first kappa shape index (κ1) is 30.1. The molecule has 46 heavy (non-hydrogen) atoms. The average Bonchev–Trinajstić information content (AvgIpc) is 3.80. The smallest absolute Gasteiger partial charge is 0.209 e. The molecule has 0 spiro atoms. The van der Waals surface area contributed by atoms with Crippen LogP contribution in [0.5, 0.6) is 0 Å². The fourth-order valence-corrected chi connectivity index (χ4v) is 6.65. The second-order valence-electron chi connectivity index (χ2n) is 11.9. The summed E-state index contributed by atoms with van der Waals surface area (Å²) in [5.41, 5.74) is 5.18. The SMILES string of the molecule is CS(=O)(=O)NCc1cc(F)cc(-c2ccnc3nc(-c4n[nH]c5ccc(-c6cncc(CNCC7CCCC7)c6)c(F)c45)[nH]c23)c1. The van der Waals surface area contributed by atoms with Crippen molar-refractivity contribution >= 4 is 32.1 Å². The van der Waals surface area contributed by atoms with Crippen LogP contribution in [0.3, 0.4) is 0 Å². The number of fused-ring (bicyclic) bond motifs is 2. The summed E-state index contributed by atoms with van der Waals surface area (Å²) < 4.78 is 56.5. The summed E-state index contributed by atoms with van der Waals surface area (Å²) in [7, 11) is -3.47. The van der Waals surface area contributed by atoms with Crippen LogP contribution in [0.4, 0.5) is 8.78 Å². The van der Waals surface area contributed by atoms with Crippen molar-refractivity contribution in [1.29, 1.82) is 0 Å². The molecule has 0 atom stereocenters. The number of rotatable bonds is 10. The molecule has 1 saturated carbocycles. The highest BCUT2D eigenvalue weighted by atomic mass is 32.2. The zero-order valence-corrected chi connectivity index (χ0v) is 25.9. The first-order valence-electron chi connectivity index (χ1n) is 15.1. The molecule has 4 heterocycles. The lowest BCUT2D eigenvalue weighted by atomic mass is 10.0. The van der Waals surface area contributed by atoms with Crippen LogP contribution >= 0.6 is 0 Å². The van der Waals surface area contributed by atoms with Crippen LogP contribution < -0.4 is 10.0 Å². The van der Waals surface area contributed by atoms with Gasteiger partial charge in [-0.25, -0.2) is 31.9 Å². The molecule has 0 saturated heterocycles. The maximum atomic E-state index is 16.3. The van der Waals surface area contributed by atoms with Crippen LogP contribution in [-0.2, 0) is 23.1 Å². The van der Waals surface area contributed by atoms with Crippen LogP contribution in [0.25, 0.3) is 55.8 Å². The Morgan fingerprint density at radius 3 is 2.61 bits per heavy atom. The third-order valence-corrected chi connectivity index (χ3v) is 9.10. The topological polar surface area (TPSA) is 141 Å². The molecule has 6 aromatic rings. The van der Waals surface area contributed by atoms with E-state index in [-0.39, 0.29) is 23.4 Å². The third-order valence-electron chi connectivity index (χ3n) is 8.43. The summed E-state index contributed by atoms with van der Waals surface area (Å²) in [6.07, 6.45) is 11.2. The van der Waals surface area contributed by atoms with Crippen LogP contribution in [0.2, 0.25) is 0 Å². The Balaban J connectivity index is 1.22. The number of aromatic amines is 2. The van der Waals surface area contributed by atoms with Gasteiger partial charge in [0.1, 0.15) is 17.3 Å². The Morgan fingerprint density at radius 1 is 0.957 bits per heavy atom. The molecule has 0 aliphatic heterocycles. The van der Waals surface area contributed by atoms with E-state index in [1.54, 1.807) is 42.9 Å². The average molecular weight is 643 g/mol. The molecule has 4 N–H and O–H groups in total. The molecule has 0 amide bonds. The molecule has 2 aromatic carbocycles. The third kappa shape index (κ3) is 6.26. The molecule has 0 bridgehead atoms. The van der Waals surface area contributed by atoms with E-state index in [1.165, 1.54) is 37.8 Å². The molecule has 1 aliphatic carbocycles. The number of sulfonamides is 1. The molecular formula is C33H32F2N8O2S. The molecule has 7 rings (SSSR count). The standard InChI is InChI=1S/C33H32F2N8O2S/c1-46(44,45)39-17-20-10-22(13-24(34)12-20)26-8-9-38-32-30(26)40-33(41-32)31-28-27(42-43-31)7-6-25(29(28)35)23-11-21(16-37-18-23)15-36-14-19-4-2-3-5-19/h6-13,16,18-19,36,39H,2-5,14-15,17H2,1H3,(H,42,43)(H,38,40,41). The van der Waals surface area contributed by atoms with E-state index in [4.69, 9.17) is 0 Å². The normalized spacial score (nSPS) is 14.2. The number of nitrogens with zero attached hydrogens (tertiary/aromatic N) is 4. The van der Waals surface area contributed by atoms with Gasteiger partial charge in [0.25, 0.3) is 0 Å². The monoisotopic (exact) mass is 642 g/mol. The van der Waals surface area contributed by atoms with Crippen LogP contribution in [0, 0.1) is 17.6 Å². The lowest BCUT2D eigenvalue weighted by Gasteiger charge is -2.11. The first-order valence-corrected chi connectivity index (χ1v) is 17.0. The van der Waals surface area contributed by atoms with E-state index >= 15 is 4.39 Å². The number of halogens is 2. The number of imidazole rings is 1. The Morgan fingerprint density at radius 2 is 1.78 bits per heavy atom. The highest BCUT2D eigenvalue weighted by Crippen LogP contribution is 2.35. The zero-order valence-electron chi connectivity index (χ0n) is 25.1. The predicted molar refractivity (Wildman–Crippen MR) is 173 cm³/mol. The number of hydrogen-bond acceptors (Lipinski definition) is 7. The number of aromatic nitrogens is 6. The van der Waals surface area contributed by atoms with Crippen molar-refractivity contribution in [3.05, 3.63) is 83.8 Å². The lowest BCUT2D eigenvalue weighted by Crippen LogP contribution is -2.21. The Kier molecular flexibility index (Phi) is 8.05. The van der Waals surface area contributed by atoms with Gasteiger partial charge >= 0.3 is 0 Å². The summed E-state index contributed by atoms with van der Waals surface area (Å²) in [5.74, 6) is 0.0238. The van der Waals surface area contributed by atoms with Crippen LogP contribution in [0.15, 0.2) is 61.1 Å². The van der Waals surface area contributed by atoms with Crippen molar-refractivity contribution in [2.24, 2.45) is 5.92 Å². The largest absolute Gasteiger partial charge is 0.335 e. The maximum Gasteiger partial charge on any atom is 0.209 e. The molecule has 1 fully saturated rings. The predicted octanol–water partition coefficient (Wildman–Crippen LogP) is 5.84. The van der Waals surface area contributed by atoms with Gasteiger partial charge in [-0.1, -0.05) is 12.8 Å². The Hall–Kier alpha value is -4.59. The second kappa shape index (κ2) is 12.3. The molecule has 0 unspecified atom stereocenters. The van der Waals surface area contributed by atoms with Crippen molar-refractivity contribution in [3.63, 3.8) is 0 Å². The summed E-state index contributed by atoms with van der Waals surface area (Å²) in [6.45, 7) is 1.56. The maximum absolute atomic E-state index is 16.3. The Bertz CT molecular complexity index is 2170. The van der Waals surface area contributed by atoms with Crippen LogP contribution in [0.1, 0.15) is 36.8 Å². The lowest BCUT2D eigenvalue weighted by molar-refractivity contribution is 0.489. The Labute approximate surface area is 264 Å². The van der Waals surface area contributed by atoms with Crippen molar-refractivity contribution in [3.8, 4) is 33.8 Å². The highest BCUT2D eigenvalue weighted by Gasteiger charge is 2.21. The summed E-state index contributed by atoms with van der Waals surface area (Å²) in [4.78, 5) is 16.6. The fourth-order valence-electron chi connectivity index (χ4n) is 6.22. The van der Waals surface area contributed by atoms with Gasteiger partial charge in [0.2, 0.25) is 10.0 Å². The number of nitrogens with one attached hydrogen (secondary N) is 4. The van der Waals surface area contributed by atoms with E-state index in [2.05, 4.69) is 40.2 Å². The minimum Gasteiger partial charge on any atom is -0.335 e. The molecule has 236 valence electrons. The first-order chi connectivity index (χ1) is 22.2. The molecule has 0 radical (unpaired) electrons. The second-order valence-corrected chi connectivity index (χ2v) is 13.7. The van der Waals surface area contributed by atoms with Gasteiger partial charge in [-0.2, -0.15) is 5.10 Å². The summed E-state index contributed by atoms with van der Waals surface area (Å²) >= 11 is 0. The van der Waals surface area contributed by atoms with Crippen molar-refractivity contribution in [2.75, 3.05) is 12.8 Å². The van der Waals surface area contributed by atoms with Gasteiger partial charge < -0.3 is 10.3 Å². The zero-order chi connectivity index (χ0) is 31.8. The number of hydrogen-bond donors (Lipinski definition) is 4. The molecule has 13 heteroatoms. The van der Waals surface area contributed by atoms with Crippen molar-refractivity contribution in [1.82, 2.24) is 40.2 Å². The number of benzene rings is 2. The molecule has 1 aliphatic rings. The number of H-pyrrole nitrogens is 2. The van der Waals surface area contributed by atoms with Crippen molar-refractivity contribution in [2.45, 2.75) is 38.8 Å². The van der Waals surface area contributed by atoms with E-state index < -0.39 is 21.7 Å². The quantitative estimate of drug-likeness (QED) is 0.147. The minimum absolute atomic E-state index is 0.0671. The van der Waals surface area contributed by atoms with Gasteiger partial charge in [0.05, 0.1) is 22.7 Å². The molecule has 10 nitrogen and oxygen atoms in total. The van der Waals surface area contributed by atoms with E-state index in [0.29, 0.717) is 51.0 Å². The molecular weight excluding hydrogens is 610 g/mol.